The molecule has 0 saturated carbocycles. The fraction of sp³-hybridized carbons (Fsp3) is 0.615. The second kappa shape index (κ2) is 6.41. The summed E-state index contributed by atoms with van der Waals surface area (Å²) in [7, 11) is 1.64. The van der Waals surface area contributed by atoms with Gasteiger partial charge in [0.15, 0.2) is 0 Å². The van der Waals surface area contributed by atoms with E-state index in [0.29, 0.717) is 19.7 Å². The van der Waals surface area contributed by atoms with Crippen LogP contribution in [0.2, 0.25) is 0 Å². The Kier molecular flexibility index (Phi) is 4.82. The molecular formula is C13H18F3N3O. The second-order valence-corrected chi connectivity index (χ2v) is 4.69. The van der Waals surface area contributed by atoms with Crippen molar-refractivity contribution in [3.63, 3.8) is 0 Å². The molecule has 4 nitrogen and oxygen atoms in total. The Balaban J connectivity index is 2.04. The highest BCUT2D eigenvalue weighted by Gasteiger charge is 2.36. The van der Waals surface area contributed by atoms with Crippen LogP contribution in [0.15, 0.2) is 18.3 Å². The second-order valence-electron chi connectivity index (χ2n) is 4.69. The molecule has 0 aromatic carbocycles. The van der Waals surface area contributed by atoms with Crippen molar-refractivity contribution in [1.82, 2.24) is 9.88 Å². The summed E-state index contributed by atoms with van der Waals surface area (Å²) in [5, 5.41) is 0. The van der Waals surface area contributed by atoms with E-state index in [9.17, 15) is 13.2 Å². The molecule has 1 aromatic heterocycles. The minimum absolute atomic E-state index is 0.0337. The van der Waals surface area contributed by atoms with Gasteiger partial charge in [-0.2, -0.15) is 13.2 Å². The van der Waals surface area contributed by atoms with Crippen molar-refractivity contribution in [3.05, 3.63) is 23.9 Å². The van der Waals surface area contributed by atoms with Gasteiger partial charge in [-0.1, -0.05) is 0 Å². The van der Waals surface area contributed by atoms with E-state index in [0.717, 1.165) is 25.7 Å². The molecule has 2 rings (SSSR count). The largest absolute Gasteiger partial charge is 0.419 e. The molecule has 0 radical (unpaired) electrons. The number of ether oxygens (including phenoxy) is 1. The molecule has 1 aliphatic heterocycles. The minimum atomic E-state index is -4.36. The number of pyridine rings is 1. The van der Waals surface area contributed by atoms with Crippen LogP contribution in [0.3, 0.4) is 0 Å². The molecule has 0 spiro atoms. The summed E-state index contributed by atoms with van der Waals surface area (Å²) in [6, 6.07) is 2.40. The Labute approximate surface area is 116 Å². The van der Waals surface area contributed by atoms with Crippen molar-refractivity contribution in [1.29, 1.82) is 0 Å². The molecule has 1 aliphatic rings. The summed E-state index contributed by atoms with van der Waals surface area (Å²) < 4.78 is 43.9. The van der Waals surface area contributed by atoms with E-state index in [1.807, 2.05) is 0 Å². The van der Waals surface area contributed by atoms with Crippen molar-refractivity contribution in [2.75, 3.05) is 51.3 Å². The molecule has 0 aliphatic carbocycles. The molecule has 0 atom stereocenters. The lowest BCUT2D eigenvalue weighted by Crippen LogP contribution is -2.48. The van der Waals surface area contributed by atoms with E-state index >= 15 is 0 Å². The zero-order valence-electron chi connectivity index (χ0n) is 11.4. The standard InChI is InChI=1S/C13H18F3N3O/c1-20-10-9-18-5-7-19(8-6-18)12-11(13(14,15)16)3-2-4-17-12/h2-4H,5-10H2,1H3. The van der Waals surface area contributed by atoms with Crippen LogP contribution in [0.4, 0.5) is 19.0 Å². The van der Waals surface area contributed by atoms with Crippen LogP contribution in [0, 0.1) is 0 Å². The van der Waals surface area contributed by atoms with Crippen molar-refractivity contribution in [2.24, 2.45) is 0 Å². The summed E-state index contributed by atoms with van der Waals surface area (Å²) in [6.45, 7) is 3.97. The Morgan fingerprint density at radius 3 is 2.55 bits per heavy atom. The summed E-state index contributed by atoms with van der Waals surface area (Å²) in [5.74, 6) is 0.0337. The summed E-state index contributed by atoms with van der Waals surface area (Å²) >= 11 is 0. The predicted octanol–water partition coefficient (Wildman–Crippen LogP) is 1.87. The van der Waals surface area contributed by atoms with E-state index in [-0.39, 0.29) is 5.82 Å². The van der Waals surface area contributed by atoms with Gasteiger partial charge in [-0.15, -0.1) is 0 Å². The number of anilines is 1. The third kappa shape index (κ3) is 3.61. The van der Waals surface area contributed by atoms with Crippen molar-refractivity contribution in [3.8, 4) is 0 Å². The third-order valence-electron chi connectivity index (χ3n) is 3.38. The van der Waals surface area contributed by atoms with Gasteiger partial charge in [0, 0.05) is 46.0 Å². The zero-order valence-corrected chi connectivity index (χ0v) is 11.4. The van der Waals surface area contributed by atoms with Crippen LogP contribution in [0.5, 0.6) is 0 Å². The van der Waals surface area contributed by atoms with Crippen molar-refractivity contribution >= 4 is 5.82 Å². The Bertz CT molecular complexity index is 431. The maximum absolute atomic E-state index is 13.0. The molecule has 20 heavy (non-hydrogen) atoms. The van der Waals surface area contributed by atoms with Gasteiger partial charge in [-0.25, -0.2) is 4.98 Å². The average Bonchev–Trinajstić information content (AvgIpc) is 2.45. The molecule has 0 amide bonds. The highest BCUT2D eigenvalue weighted by molar-refractivity contribution is 5.48. The minimum Gasteiger partial charge on any atom is -0.383 e. The van der Waals surface area contributed by atoms with E-state index in [4.69, 9.17) is 4.74 Å². The SMILES string of the molecule is COCCN1CCN(c2ncccc2C(F)(F)F)CC1. The maximum Gasteiger partial charge on any atom is 0.419 e. The lowest BCUT2D eigenvalue weighted by molar-refractivity contribution is -0.137. The topological polar surface area (TPSA) is 28.6 Å². The zero-order chi connectivity index (χ0) is 14.6. The lowest BCUT2D eigenvalue weighted by atomic mass is 10.2. The van der Waals surface area contributed by atoms with Crippen LogP contribution >= 0.6 is 0 Å². The molecular weight excluding hydrogens is 271 g/mol. The van der Waals surface area contributed by atoms with Gasteiger partial charge < -0.3 is 9.64 Å². The van der Waals surface area contributed by atoms with E-state index < -0.39 is 11.7 Å². The lowest BCUT2D eigenvalue weighted by Gasteiger charge is -2.36. The number of methoxy groups -OCH3 is 1. The van der Waals surface area contributed by atoms with Gasteiger partial charge in [0.25, 0.3) is 0 Å². The fourth-order valence-electron chi connectivity index (χ4n) is 2.27. The monoisotopic (exact) mass is 289 g/mol. The molecule has 7 heteroatoms. The van der Waals surface area contributed by atoms with Crippen LogP contribution in [0.25, 0.3) is 0 Å². The Morgan fingerprint density at radius 2 is 1.95 bits per heavy atom. The molecule has 112 valence electrons. The average molecular weight is 289 g/mol. The molecule has 0 N–H and O–H groups in total. The summed E-state index contributed by atoms with van der Waals surface area (Å²) in [5.41, 5.74) is -0.662. The molecule has 0 unspecified atom stereocenters. The first kappa shape index (κ1) is 15.1. The van der Waals surface area contributed by atoms with E-state index in [1.54, 1.807) is 12.0 Å². The smallest absolute Gasteiger partial charge is 0.383 e. The molecule has 2 heterocycles. The maximum atomic E-state index is 13.0. The van der Waals surface area contributed by atoms with Gasteiger partial charge >= 0.3 is 6.18 Å². The van der Waals surface area contributed by atoms with Gasteiger partial charge in [0.2, 0.25) is 0 Å². The Morgan fingerprint density at radius 1 is 1.25 bits per heavy atom. The van der Waals surface area contributed by atoms with Gasteiger partial charge in [0.05, 0.1) is 12.2 Å². The Hall–Kier alpha value is -1.34. The summed E-state index contributed by atoms with van der Waals surface area (Å²) in [4.78, 5) is 7.80. The normalized spacial score (nSPS) is 17.5. The van der Waals surface area contributed by atoms with Gasteiger partial charge in [-0.05, 0) is 12.1 Å². The number of alkyl halides is 3. The van der Waals surface area contributed by atoms with Gasteiger partial charge in [-0.3, -0.25) is 4.90 Å². The van der Waals surface area contributed by atoms with Crippen LogP contribution in [-0.4, -0.2) is 56.3 Å². The molecule has 1 fully saturated rings. The third-order valence-corrected chi connectivity index (χ3v) is 3.38. The van der Waals surface area contributed by atoms with Crippen molar-refractivity contribution in [2.45, 2.75) is 6.18 Å². The number of rotatable bonds is 4. The fourth-order valence-corrected chi connectivity index (χ4v) is 2.27. The highest BCUT2D eigenvalue weighted by Crippen LogP contribution is 2.35. The first-order valence-electron chi connectivity index (χ1n) is 6.51. The first-order chi connectivity index (χ1) is 9.52. The number of piperazine rings is 1. The predicted molar refractivity (Wildman–Crippen MR) is 69.8 cm³/mol. The number of halogens is 3. The first-order valence-corrected chi connectivity index (χ1v) is 6.51. The van der Waals surface area contributed by atoms with Crippen molar-refractivity contribution < 1.29 is 17.9 Å². The van der Waals surface area contributed by atoms with Crippen LogP contribution in [-0.2, 0) is 10.9 Å². The molecule has 0 bridgehead atoms. The number of hydrogen-bond acceptors (Lipinski definition) is 4. The summed E-state index contributed by atoms with van der Waals surface area (Å²) in [6.07, 6.45) is -2.96. The van der Waals surface area contributed by atoms with Crippen LogP contribution < -0.4 is 4.90 Å². The molecule has 1 aromatic rings. The quantitative estimate of drug-likeness (QED) is 0.846. The van der Waals surface area contributed by atoms with Crippen LogP contribution in [0.1, 0.15) is 5.56 Å². The number of aromatic nitrogens is 1. The number of nitrogens with zero attached hydrogens (tertiary/aromatic N) is 3. The number of hydrogen-bond donors (Lipinski definition) is 0. The molecule has 1 saturated heterocycles. The van der Waals surface area contributed by atoms with E-state index in [2.05, 4.69) is 9.88 Å². The van der Waals surface area contributed by atoms with E-state index in [1.165, 1.54) is 12.3 Å². The highest BCUT2D eigenvalue weighted by atomic mass is 19.4. The van der Waals surface area contributed by atoms with Gasteiger partial charge in [0.1, 0.15) is 5.82 Å².